The lowest BCUT2D eigenvalue weighted by Crippen LogP contribution is -2.16. The SMILES string of the molecule is N#Cc1cccc(CS(=O)(=O)Nc2cc(F)ccc2N)c1. The highest BCUT2D eigenvalue weighted by atomic mass is 32.2. The van der Waals surface area contributed by atoms with Gasteiger partial charge in [0.1, 0.15) is 5.82 Å². The number of nitrogens with one attached hydrogen (secondary N) is 1. The van der Waals surface area contributed by atoms with Crippen molar-refractivity contribution in [1.82, 2.24) is 0 Å². The first-order valence-corrected chi connectivity index (χ1v) is 7.59. The molecule has 0 radical (unpaired) electrons. The van der Waals surface area contributed by atoms with Gasteiger partial charge in [-0.3, -0.25) is 4.72 Å². The maximum absolute atomic E-state index is 13.1. The van der Waals surface area contributed by atoms with E-state index >= 15 is 0 Å². The molecular formula is C14H12FN3O2S. The first kappa shape index (κ1) is 14.8. The summed E-state index contributed by atoms with van der Waals surface area (Å²) in [5.41, 5.74) is 6.54. The molecule has 0 aliphatic carbocycles. The molecule has 7 heteroatoms. The van der Waals surface area contributed by atoms with Gasteiger partial charge in [-0.2, -0.15) is 5.26 Å². The van der Waals surface area contributed by atoms with E-state index in [2.05, 4.69) is 4.72 Å². The van der Waals surface area contributed by atoms with E-state index in [0.717, 1.165) is 12.1 Å². The van der Waals surface area contributed by atoms with Gasteiger partial charge in [0.05, 0.1) is 28.8 Å². The second-order valence-corrected chi connectivity index (χ2v) is 6.13. The molecule has 0 saturated carbocycles. The number of rotatable bonds is 4. The van der Waals surface area contributed by atoms with Crippen molar-refractivity contribution in [2.45, 2.75) is 5.75 Å². The number of hydrogen-bond acceptors (Lipinski definition) is 4. The minimum atomic E-state index is -3.76. The van der Waals surface area contributed by atoms with Crippen molar-refractivity contribution in [2.75, 3.05) is 10.5 Å². The number of halogens is 1. The molecule has 21 heavy (non-hydrogen) atoms. The average molecular weight is 305 g/mol. The maximum atomic E-state index is 13.1. The first-order valence-electron chi connectivity index (χ1n) is 5.94. The Bertz CT molecular complexity index is 813. The van der Waals surface area contributed by atoms with E-state index < -0.39 is 15.8 Å². The Balaban J connectivity index is 2.22. The molecular weight excluding hydrogens is 293 g/mol. The second kappa shape index (κ2) is 5.81. The van der Waals surface area contributed by atoms with E-state index in [9.17, 15) is 12.8 Å². The number of sulfonamides is 1. The Kier molecular flexibility index (Phi) is 4.10. The lowest BCUT2D eigenvalue weighted by molar-refractivity contribution is 0.600. The lowest BCUT2D eigenvalue weighted by atomic mass is 10.2. The number of nitriles is 1. The summed E-state index contributed by atoms with van der Waals surface area (Å²) in [5, 5.41) is 8.79. The molecule has 108 valence electrons. The van der Waals surface area contributed by atoms with Crippen LogP contribution in [0.15, 0.2) is 42.5 Å². The van der Waals surface area contributed by atoms with Crippen LogP contribution >= 0.6 is 0 Å². The summed E-state index contributed by atoms with van der Waals surface area (Å²) >= 11 is 0. The fourth-order valence-electron chi connectivity index (χ4n) is 1.77. The van der Waals surface area contributed by atoms with Crippen LogP contribution in [0.5, 0.6) is 0 Å². The molecule has 2 rings (SSSR count). The number of nitrogen functional groups attached to an aromatic ring is 1. The van der Waals surface area contributed by atoms with E-state index in [1.54, 1.807) is 18.2 Å². The van der Waals surface area contributed by atoms with Crippen LogP contribution < -0.4 is 10.5 Å². The number of nitrogens with zero attached hydrogens (tertiary/aromatic N) is 1. The van der Waals surface area contributed by atoms with Crippen LogP contribution in [0.1, 0.15) is 11.1 Å². The monoisotopic (exact) mass is 305 g/mol. The molecule has 0 saturated heterocycles. The van der Waals surface area contributed by atoms with Crippen molar-refractivity contribution in [2.24, 2.45) is 0 Å². The van der Waals surface area contributed by atoms with E-state index in [-0.39, 0.29) is 17.1 Å². The zero-order chi connectivity index (χ0) is 15.5. The number of benzene rings is 2. The normalized spacial score (nSPS) is 10.9. The average Bonchev–Trinajstić information content (AvgIpc) is 2.42. The topological polar surface area (TPSA) is 96.0 Å². The van der Waals surface area contributed by atoms with E-state index in [1.165, 1.54) is 12.1 Å². The molecule has 2 aromatic rings. The van der Waals surface area contributed by atoms with Crippen LogP contribution in [0.25, 0.3) is 0 Å². The minimum Gasteiger partial charge on any atom is -0.397 e. The minimum absolute atomic E-state index is 0.00793. The largest absolute Gasteiger partial charge is 0.397 e. The first-order chi connectivity index (χ1) is 9.89. The fraction of sp³-hybridized carbons (Fsp3) is 0.0714. The molecule has 0 fully saturated rings. The van der Waals surface area contributed by atoms with Gasteiger partial charge in [0, 0.05) is 6.07 Å². The summed E-state index contributed by atoms with van der Waals surface area (Å²) in [6.07, 6.45) is 0. The molecule has 0 aliphatic heterocycles. The van der Waals surface area contributed by atoms with Crippen molar-refractivity contribution in [3.05, 3.63) is 59.4 Å². The van der Waals surface area contributed by atoms with Crippen LogP contribution in [-0.4, -0.2) is 8.42 Å². The van der Waals surface area contributed by atoms with Gasteiger partial charge in [-0.1, -0.05) is 12.1 Å². The van der Waals surface area contributed by atoms with Crippen molar-refractivity contribution in [3.63, 3.8) is 0 Å². The van der Waals surface area contributed by atoms with Gasteiger partial charge in [-0.25, -0.2) is 12.8 Å². The zero-order valence-corrected chi connectivity index (χ0v) is 11.7. The highest BCUT2D eigenvalue weighted by Gasteiger charge is 2.14. The van der Waals surface area contributed by atoms with Crippen molar-refractivity contribution in [1.29, 1.82) is 5.26 Å². The van der Waals surface area contributed by atoms with E-state index in [1.807, 2.05) is 6.07 Å². The fourth-order valence-corrected chi connectivity index (χ4v) is 2.97. The van der Waals surface area contributed by atoms with Crippen LogP contribution in [0.4, 0.5) is 15.8 Å². The molecule has 3 N–H and O–H groups in total. The summed E-state index contributed by atoms with van der Waals surface area (Å²) in [4.78, 5) is 0. The van der Waals surface area contributed by atoms with Crippen LogP contribution in [0.3, 0.4) is 0 Å². The van der Waals surface area contributed by atoms with Crippen LogP contribution in [0.2, 0.25) is 0 Å². The molecule has 5 nitrogen and oxygen atoms in total. The summed E-state index contributed by atoms with van der Waals surface area (Å²) < 4.78 is 39.5. The summed E-state index contributed by atoms with van der Waals surface area (Å²) in [5.74, 6) is -0.924. The Labute approximate surface area is 121 Å². The van der Waals surface area contributed by atoms with Gasteiger partial charge < -0.3 is 5.73 Å². The summed E-state index contributed by atoms with van der Waals surface area (Å²) in [7, 11) is -3.76. The highest BCUT2D eigenvalue weighted by molar-refractivity contribution is 7.91. The van der Waals surface area contributed by atoms with Gasteiger partial charge in [0.2, 0.25) is 10.0 Å². The summed E-state index contributed by atoms with van der Waals surface area (Å²) in [6, 6.07) is 11.6. The van der Waals surface area contributed by atoms with E-state index in [4.69, 9.17) is 11.0 Å². The third kappa shape index (κ3) is 3.94. The Morgan fingerprint density at radius 1 is 1.24 bits per heavy atom. The van der Waals surface area contributed by atoms with Crippen LogP contribution in [-0.2, 0) is 15.8 Å². The molecule has 0 bridgehead atoms. The van der Waals surface area contributed by atoms with Gasteiger partial charge >= 0.3 is 0 Å². The van der Waals surface area contributed by atoms with Gasteiger partial charge in [0.25, 0.3) is 0 Å². The van der Waals surface area contributed by atoms with Gasteiger partial charge in [0.15, 0.2) is 0 Å². The number of nitrogens with two attached hydrogens (primary N) is 1. The van der Waals surface area contributed by atoms with Crippen LogP contribution in [0, 0.1) is 17.1 Å². The second-order valence-electron chi connectivity index (χ2n) is 4.40. The molecule has 0 aliphatic rings. The number of hydrogen-bond donors (Lipinski definition) is 2. The Hall–Kier alpha value is -2.59. The third-order valence-electron chi connectivity index (χ3n) is 2.69. The van der Waals surface area contributed by atoms with Gasteiger partial charge in [-0.15, -0.1) is 0 Å². The van der Waals surface area contributed by atoms with Crippen molar-refractivity contribution in [3.8, 4) is 6.07 Å². The highest BCUT2D eigenvalue weighted by Crippen LogP contribution is 2.21. The Morgan fingerprint density at radius 3 is 2.71 bits per heavy atom. The molecule has 0 spiro atoms. The molecule has 0 atom stereocenters. The van der Waals surface area contributed by atoms with E-state index in [0.29, 0.717) is 11.1 Å². The van der Waals surface area contributed by atoms with Crippen molar-refractivity contribution < 1.29 is 12.8 Å². The predicted molar refractivity (Wildman–Crippen MR) is 78.2 cm³/mol. The molecule has 0 unspecified atom stereocenters. The Morgan fingerprint density at radius 2 is 2.00 bits per heavy atom. The third-order valence-corrected chi connectivity index (χ3v) is 3.94. The maximum Gasteiger partial charge on any atom is 0.236 e. The standard InChI is InChI=1S/C14H12FN3O2S/c15-12-4-5-13(17)14(7-12)18-21(19,20)9-11-3-1-2-10(6-11)8-16/h1-7,18H,9,17H2. The zero-order valence-electron chi connectivity index (χ0n) is 10.9. The predicted octanol–water partition coefficient (Wildman–Crippen LogP) is 2.22. The molecule has 0 aromatic heterocycles. The lowest BCUT2D eigenvalue weighted by Gasteiger charge is -2.10. The molecule has 0 heterocycles. The van der Waals surface area contributed by atoms with Crippen molar-refractivity contribution >= 4 is 21.4 Å². The molecule has 0 amide bonds. The van der Waals surface area contributed by atoms with Gasteiger partial charge in [-0.05, 0) is 29.8 Å². The quantitative estimate of drug-likeness (QED) is 0.846. The number of anilines is 2. The molecule has 2 aromatic carbocycles. The summed E-state index contributed by atoms with van der Waals surface area (Å²) in [6.45, 7) is 0. The smallest absolute Gasteiger partial charge is 0.236 e.